The van der Waals surface area contributed by atoms with Crippen LogP contribution < -0.4 is 19.8 Å². The van der Waals surface area contributed by atoms with Crippen molar-refractivity contribution in [2.24, 2.45) is 0 Å². The topological polar surface area (TPSA) is 111 Å². The number of likely N-dealkylation sites (N-methyl/N-ethyl adjacent to an activating group) is 1. The second-order valence-electron chi connectivity index (χ2n) is 9.17. The molecule has 0 spiro atoms. The van der Waals surface area contributed by atoms with E-state index in [1.807, 2.05) is 47.0 Å². The first-order chi connectivity index (χ1) is 17.5. The fraction of sp³-hybridized carbons (Fsp3) is 0.320. The van der Waals surface area contributed by atoms with Crippen LogP contribution in [0.15, 0.2) is 48.8 Å². The zero-order chi connectivity index (χ0) is 24.6. The summed E-state index contributed by atoms with van der Waals surface area (Å²) in [6.45, 7) is 4.77. The van der Waals surface area contributed by atoms with E-state index in [0.717, 1.165) is 73.1 Å². The monoisotopic (exact) mass is 503 g/mol. The van der Waals surface area contributed by atoms with E-state index < -0.39 is 11.4 Å². The second kappa shape index (κ2) is 9.49. The Hall–Kier alpha value is -3.54. The smallest absolute Gasteiger partial charge is 0.231 e. The minimum Gasteiger partial charge on any atom is -0.593 e. The summed E-state index contributed by atoms with van der Waals surface area (Å²) in [7, 11) is 2.15. The van der Waals surface area contributed by atoms with Crippen LogP contribution in [-0.2, 0) is 17.8 Å². The van der Waals surface area contributed by atoms with E-state index >= 15 is 0 Å². The van der Waals surface area contributed by atoms with E-state index in [9.17, 15) is 4.55 Å². The zero-order valence-corrected chi connectivity index (χ0v) is 21.2. The summed E-state index contributed by atoms with van der Waals surface area (Å²) in [6.07, 6.45) is 6.26. The molecule has 6 rings (SSSR count). The van der Waals surface area contributed by atoms with Crippen LogP contribution in [0.2, 0.25) is 0 Å². The first-order valence-corrected chi connectivity index (χ1v) is 13.6. The number of H-pyrrole nitrogens is 1. The molecule has 1 fully saturated rings. The third kappa shape index (κ3) is 4.41. The zero-order valence-electron chi connectivity index (χ0n) is 20.4. The van der Waals surface area contributed by atoms with Gasteiger partial charge < -0.3 is 30.0 Å². The van der Waals surface area contributed by atoms with Crippen LogP contribution in [0, 0.1) is 0 Å². The summed E-state index contributed by atoms with van der Waals surface area (Å²) in [6, 6.07) is 12.1. The molecule has 1 saturated heterocycles. The van der Waals surface area contributed by atoms with Crippen molar-refractivity contribution in [1.82, 2.24) is 24.8 Å². The molecule has 0 amide bonds. The molecular formula is C25H29N9OS. The Labute approximate surface area is 213 Å². The third-order valence-corrected chi connectivity index (χ3v) is 7.75. The first-order valence-electron chi connectivity index (χ1n) is 12.1. The second-order valence-corrected chi connectivity index (χ2v) is 10.5. The van der Waals surface area contributed by atoms with Gasteiger partial charge in [0.1, 0.15) is 29.2 Å². The molecule has 3 N–H and O–H groups in total. The van der Waals surface area contributed by atoms with E-state index in [1.54, 1.807) is 6.26 Å². The van der Waals surface area contributed by atoms with E-state index in [0.29, 0.717) is 11.8 Å². The van der Waals surface area contributed by atoms with Gasteiger partial charge in [-0.15, -0.1) is 0 Å². The lowest BCUT2D eigenvalue weighted by molar-refractivity contribution is 0.312. The van der Waals surface area contributed by atoms with E-state index in [4.69, 9.17) is 4.98 Å². The minimum absolute atomic E-state index is 0.463. The highest BCUT2D eigenvalue weighted by molar-refractivity contribution is 7.92. The van der Waals surface area contributed by atoms with Crippen molar-refractivity contribution >= 4 is 57.0 Å². The quantitative estimate of drug-likeness (QED) is 0.341. The molecule has 186 valence electrons. The number of nitrogens with one attached hydrogen (secondary N) is 3. The number of aromatic amines is 1. The molecule has 1 aromatic carbocycles. The summed E-state index contributed by atoms with van der Waals surface area (Å²) in [5, 5.41) is 7.66. The van der Waals surface area contributed by atoms with Crippen molar-refractivity contribution in [3.05, 3.63) is 54.4 Å². The number of aromatic nitrogens is 4. The SMILES string of the molecule is CN1CCN(c2ccc(Nc3nc(Nc4cccc5c4N([S+](C)[O-])CC5)c4cc[nH]c4n3)cn2)CC1. The Morgan fingerprint density at radius 1 is 1.00 bits per heavy atom. The maximum atomic E-state index is 12.3. The molecule has 10 nitrogen and oxygen atoms in total. The van der Waals surface area contributed by atoms with Crippen LogP contribution in [0.25, 0.3) is 11.0 Å². The van der Waals surface area contributed by atoms with Crippen LogP contribution in [0.5, 0.6) is 0 Å². The van der Waals surface area contributed by atoms with Crippen LogP contribution in [0.4, 0.5) is 34.6 Å². The van der Waals surface area contributed by atoms with E-state index in [1.165, 1.54) is 5.56 Å². The van der Waals surface area contributed by atoms with Gasteiger partial charge in [0.2, 0.25) is 5.95 Å². The highest BCUT2D eigenvalue weighted by Gasteiger charge is 2.29. The molecular weight excluding hydrogens is 474 g/mol. The Morgan fingerprint density at radius 3 is 2.64 bits per heavy atom. The fourth-order valence-corrected chi connectivity index (χ4v) is 5.63. The van der Waals surface area contributed by atoms with Crippen LogP contribution in [-0.4, -0.2) is 75.4 Å². The van der Waals surface area contributed by atoms with Gasteiger partial charge in [0, 0.05) is 32.4 Å². The molecule has 2 aliphatic rings. The maximum absolute atomic E-state index is 12.3. The highest BCUT2D eigenvalue weighted by atomic mass is 32.2. The molecule has 5 heterocycles. The predicted molar refractivity (Wildman–Crippen MR) is 146 cm³/mol. The third-order valence-electron chi connectivity index (χ3n) is 6.76. The van der Waals surface area contributed by atoms with Crippen molar-refractivity contribution < 1.29 is 4.55 Å². The van der Waals surface area contributed by atoms with Crippen LogP contribution in [0.3, 0.4) is 0 Å². The molecule has 1 unspecified atom stereocenters. The van der Waals surface area contributed by atoms with E-state index in [-0.39, 0.29) is 0 Å². The molecule has 2 aliphatic heterocycles. The number of pyridine rings is 1. The lowest BCUT2D eigenvalue weighted by atomic mass is 10.1. The Morgan fingerprint density at radius 2 is 1.86 bits per heavy atom. The molecule has 0 saturated carbocycles. The predicted octanol–water partition coefficient (Wildman–Crippen LogP) is 3.25. The average Bonchev–Trinajstić information content (AvgIpc) is 3.53. The maximum Gasteiger partial charge on any atom is 0.231 e. The summed E-state index contributed by atoms with van der Waals surface area (Å²) >= 11 is -1.10. The van der Waals surface area contributed by atoms with Gasteiger partial charge >= 0.3 is 0 Å². The van der Waals surface area contributed by atoms with Crippen molar-refractivity contribution in [1.29, 1.82) is 0 Å². The van der Waals surface area contributed by atoms with Crippen molar-refractivity contribution in [3.63, 3.8) is 0 Å². The molecule has 11 heteroatoms. The number of piperazine rings is 1. The molecule has 0 radical (unpaired) electrons. The Balaban J connectivity index is 1.26. The van der Waals surface area contributed by atoms with E-state index in [2.05, 4.69) is 48.5 Å². The molecule has 3 aromatic heterocycles. The largest absolute Gasteiger partial charge is 0.593 e. The normalized spacial score (nSPS) is 16.9. The minimum atomic E-state index is -1.10. The number of fused-ring (bicyclic) bond motifs is 2. The molecule has 0 aliphatic carbocycles. The van der Waals surface area contributed by atoms with Gasteiger partial charge in [0.25, 0.3) is 0 Å². The number of rotatable bonds is 6. The molecule has 1 atom stereocenters. The number of anilines is 6. The molecule has 36 heavy (non-hydrogen) atoms. The van der Waals surface area contributed by atoms with Gasteiger partial charge in [-0.2, -0.15) is 14.3 Å². The van der Waals surface area contributed by atoms with Crippen molar-refractivity contribution in [2.75, 3.05) is 65.9 Å². The lowest BCUT2D eigenvalue weighted by Crippen LogP contribution is -2.44. The summed E-state index contributed by atoms with van der Waals surface area (Å²) in [4.78, 5) is 21.9. The van der Waals surface area contributed by atoms with Gasteiger partial charge in [-0.3, -0.25) is 0 Å². The highest BCUT2D eigenvalue weighted by Crippen LogP contribution is 2.39. The Bertz CT molecular complexity index is 1370. The lowest BCUT2D eigenvalue weighted by Gasteiger charge is -2.33. The summed E-state index contributed by atoms with van der Waals surface area (Å²) in [5.41, 5.74) is 4.57. The average molecular weight is 504 g/mol. The fourth-order valence-electron chi connectivity index (χ4n) is 4.81. The molecule has 0 bridgehead atoms. The Kier molecular flexibility index (Phi) is 6.04. The summed E-state index contributed by atoms with van der Waals surface area (Å²) in [5.74, 6) is 2.12. The number of benzene rings is 1. The number of hydrogen-bond acceptors (Lipinski definition) is 9. The summed E-state index contributed by atoms with van der Waals surface area (Å²) < 4.78 is 14.3. The number of hydrogen-bond donors (Lipinski definition) is 3. The van der Waals surface area contributed by atoms with Gasteiger partial charge in [0.05, 0.1) is 40.9 Å². The number of para-hydroxylation sites is 1. The van der Waals surface area contributed by atoms with Crippen LogP contribution >= 0.6 is 0 Å². The first kappa shape index (κ1) is 22.9. The number of nitrogens with zero attached hydrogens (tertiary/aromatic N) is 6. The van der Waals surface area contributed by atoms with Crippen molar-refractivity contribution in [3.8, 4) is 0 Å². The van der Waals surface area contributed by atoms with Gasteiger partial charge in [0.15, 0.2) is 0 Å². The van der Waals surface area contributed by atoms with Gasteiger partial charge in [-0.05, 0) is 43.3 Å². The molecule has 4 aromatic rings. The van der Waals surface area contributed by atoms with Gasteiger partial charge in [-0.1, -0.05) is 12.1 Å². The van der Waals surface area contributed by atoms with Gasteiger partial charge in [-0.25, -0.2) is 4.98 Å². The van der Waals surface area contributed by atoms with Crippen molar-refractivity contribution in [2.45, 2.75) is 6.42 Å². The standard InChI is InChI=1S/C25H29N9OS/c1-32-12-14-33(15-13-32)21-7-6-18(16-27-21)28-25-30-23-19(8-10-26-23)24(31-25)29-20-5-3-4-17-9-11-34(22(17)20)36(2)35/h3-8,10,16H,9,11-15H2,1-2H3,(H3,26,28,29,30,31). The van der Waals surface area contributed by atoms with Crippen LogP contribution in [0.1, 0.15) is 5.56 Å².